The molecule has 2 amide bonds. The van der Waals surface area contributed by atoms with Crippen LogP contribution in [0.5, 0.6) is 5.75 Å². The van der Waals surface area contributed by atoms with Gasteiger partial charge in [-0.15, -0.1) is 0 Å². The van der Waals surface area contributed by atoms with Crippen molar-refractivity contribution in [3.63, 3.8) is 0 Å². The molecule has 0 aliphatic carbocycles. The van der Waals surface area contributed by atoms with E-state index in [4.69, 9.17) is 4.74 Å². The van der Waals surface area contributed by atoms with Gasteiger partial charge in [-0.25, -0.2) is 14.8 Å². The summed E-state index contributed by atoms with van der Waals surface area (Å²) in [6.07, 6.45) is 9.65. The van der Waals surface area contributed by atoms with E-state index >= 15 is 0 Å². The Labute approximate surface area is 229 Å². The maximum absolute atomic E-state index is 12.7. The number of rotatable bonds is 8. The molecule has 10 nitrogen and oxygen atoms in total. The summed E-state index contributed by atoms with van der Waals surface area (Å²) in [6, 6.07) is 11.0. The number of carbonyl (C=O) groups excluding carboxylic acids is 2. The first kappa shape index (κ1) is 26.8. The molecule has 5 rings (SSSR count). The molecular weight excluding hydrogens is 494 g/mol. The van der Waals surface area contributed by atoms with Crippen molar-refractivity contribution in [2.24, 2.45) is 7.05 Å². The fourth-order valence-electron chi connectivity index (χ4n) is 5.03. The average Bonchev–Trinajstić information content (AvgIpc) is 3.39. The van der Waals surface area contributed by atoms with Crippen LogP contribution in [0.1, 0.15) is 40.9 Å². The molecule has 2 aliphatic heterocycles. The zero-order valence-electron chi connectivity index (χ0n) is 22.6. The zero-order valence-corrected chi connectivity index (χ0v) is 22.6. The summed E-state index contributed by atoms with van der Waals surface area (Å²) in [5.41, 5.74) is 2.87. The van der Waals surface area contributed by atoms with Crippen molar-refractivity contribution in [3.8, 4) is 5.75 Å². The maximum atomic E-state index is 12.7. The zero-order chi connectivity index (χ0) is 27.0. The number of nitrogens with one attached hydrogen (secondary N) is 1. The summed E-state index contributed by atoms with van der Waals surface area (Å²) in [6.45, 7) is 6.94. The van der Waals surface area contributed by atoms with E-state index in [2.05, 4.69) is 25.1 Å². The number of aryl methyl sites for hydroxylation is 1. The molecule has 39 heavy (non-hydrogen) atoms. The van der Waals surface area contributed by atoms with Crippen LogP contribution in [-0.4, -0.2) is 87.0 Å². The van der Waals surface area contributed by atoms with Crippen molar-refractivity contribution in [1.82, 2.24) is 29.2 Å². The quantitative estimate of drug-likeness (QED) is 0.476. The number of anilines is 1. The predicted octanol–water partition coefficient (Wildman–Crippen LogP) is 3.41. The Bertz CT molecular complexity index is 1230. The lowest BCUT2D eigenvalue weighted by atomic mass is 10.1. The number of hydrogen-bond donors (Lipinski definition) is 1. The van der Waals surface area contributed by atoms with E-state index in [0.29, 0.717) is 30.2 Å². The van der Waals surface area contributed by atoms with Crippen LogP contribution in [0.4, 0.5) is 10.6 Å². The first-order chi connectivity index (χ1) is 19.0. The normalized spacial score (nSPS) is 16.7. The highest BCUT2D eigenvalue weighted by Crippen LogP contribution is 2.17. The molecule has 0 radical (unpaired) electrons. The van der Waals surface area contributed by atoms with Gasteiger partial charge in [0.15, 0.2) is 5.75 Å². The molecular formula is C29H37N7O3. The minimum atomic E-state index is -0.386. The van der Waals surface area contributed by atoms with E-state index in [1.165, 1.54) is 31.0 Å². The minimum Gasteiger partial charge on any atom is -0.409 e. The number of amides is 2. The van der Waals surface area contributed by atoms with Crippen LogP contribution >= 0.6 is 0 Å². The standard InChI is InChI=1S/C29H37N7O3/c1-33-21-25(31-22-33)11-14-34-15-17-36(18-16-34)29(38)39-26-9-10-27(30-19-26)32-28(37)24-7-5-23(6-8-24)20-35-12-3-2-4-13-35/h5-10,19,21-22H,2-4,11-18,20H2,1H3,(H,30,32,37). The van der Waals surface area contributed by atoms with Crippen molar-refractivity contribution in [1.29, 1.82) is 0 Å². The Balaban J connectivity index is 1.04. The van der Waals surface area contributed by atoms with Crippen LogP contribution in [0, 0.1) is 0 Å². The molecule has 2 saturated heterocycles. The molecule has 0 spiro atoms. The smallest absolute Gasteiger partial charge is 0.409 e. The molecule has 1 aromatic carbocycles. The van der Waals surface area contributed by atoms with Gasteiger partial charge >= 0.3 is 6.09 Å². The highest BCUT2D eigenvalue weighted by molar-refractivity contribution is 6.03. The van der Waals surface area contributed by atoms with Crippen LogP contribution in [0.2, 0.25) is 0 Å². The predicted molar refractivity (Wildman–Crippen MR) is 149 cm³/mol. The second kappa shape index (κ2) is 12.9. The van der Waals surface area contributed by atoms with E-state index in [1.807, 2.05) is 48.4 Å². The lowest BCUT2D eigenvalue weighted by Gasteiger charge is -2.33. The Kier molecular flexibility index (Phi) is 8.85. The highest BCUT2D eigenvalue weighted by Gasteiger charge is 2.23. The summed E-state index contributed by atoms with van der Waals surface area (Å²) in [7, 11) is 1.97. The molecule has 10 heteroatoms. The first-order valence-electron chi connectivity index (χ1n) is 13.8. The van der Waals surface area contributed by atoms with Crippen LogP contribution < -0.4 is 10.1 Å². The number of likely N-dealkylation sites (tertiary alicyclic amines) is 1. The third kappa shape index (κ3) is 7.64. The van der Waals surface area contributed by atoms with Gasteiger partial charge in [-0.1, -0.05) is 18.6 Å². The minimum absolute atomic E-state index is 0.224. The largest absolute Gasteiger partial charge is 0.415 e. The number of aromatic nitrogens is 3. The van der Waals surface area contributed by atoms with Gasteiger partial charge in [0.25, 0.3) is 5.91 Å². The summed E-state index contributed by atoms with van der Waals surface area (Å²) < 4.78 is 7.47. The van der Waals surface area contributed by atoms with Crippen molar-refractivity contribution < 1.29 is 14.3 Å². The molecule has 0 bridgehead atoms. The Morgan fingerprint density at radius 3 is 2.33 bits per heavy atom. The van der Waals surface area contributed by atoms with E-state index in [1.54, 1.807) is 17.0 Å². The molecule has 0 unspecified atom stereocenters. The number of piperazine rings is 1. The second-order valence-corrected chi connectivity index (χ2v) is 10.3. The number of imidazole rings is 1. The molecule has 4 heterocycles. The van der Waals surface area contributed by atoms with Crippen molar-refractivity contribution >= 4 is 17.8 Å². The molecule has 0 atom stereocenters. The van der Waals surface area contributed by atoms with E-state index in [0.717, 1.165) is 51.4 Å². The fourth-order valence-corrected chi connectivity index (χ4v) is 5.03. The van der Waals surface area contributed by atoms with Gasteiger partial charge in [0.05, 0.1) is 18.2 Å². The van der Waals surface area contributed by atoms with Crippen molar-refractivity contribution in [3.05, 3.63) is 71.9 Å². The Morgan fingerprint density at radius 1 is 0.897 bits per heavy atom. The molecule has 3 aromatic rings. The first-order valence-corrected chi connectivity index (χ1v) is 13.8. The number of nitrogens with zero attached hydrogens (tertiary/aromatic N) is 6. The van der Waals surface area contributed by atoms with Gasteiger partial charge in [-0.3, -0.25) is 14.6 Å². The molecule has 2 aliphatic rings. The molecule has 2 aromatic heterocycles. The number of hydrogen-bond acceptors (Lipinski definition) is 7. The maximum Gasteiger partial charge on any atom is 0.415 e. The van der Waals surface area contributed by atoms with Crippen molar-refractivity contribution in [2.45, 2.75) is 32.2 Å². The van der Waals surface area contributed by atoms with Gasteiger partial charge in [0, 0.05) is 64.5 Å². The molecule has 206 valence electrons. The van der Waals surface area contributed by atoms with Crippen molar-refractivity contribution in [2.75, 3.05) is 51.1 Å². The lowest BCUT2D eigenvalue weighted by Crippen LogP contribution is -2.49. The monoisotopic (exact) mass is 531 g/mol. The average molecular weight is 532 g/mol. The highest BCUT2D eigenvalue weighted by atomic mass is 16.6. The van der Waals surface area contributed by atoms with E-state index in [9.17, 15) is 9.59 Å². The number of pyridine rings is 1. The van der Waals surface area contributed by atoms with Gasteiger partial charge in [0.1, 0.15) is 5.82 Å². The van der Waals surface area contributed by atoms with Gasteiger partial charge in [-0.05, 0) is 55.8 Å². The van der Waals surface area contributed by atoms with E-state index in [-0.39, 0.29) is 12.0 Å². The molecule has 2 fully saturated rings. The van der Waals surface area contributed by atoms with Crippen LogP contribution in [0.15, 0.2) is 55.1 Å². The Morgan fingerprint density at radius 2 is 1.67 bits per heavy atom. The fraction of sp³-hybridized carbons (Fsp3) is 0.448. The van der Waals surface area contributed by atoms with Gasteiger partial charge in [-0.2, -0.15) is 0 Å². The lowest BCUT2D eigenvalue weighted by molar-refractivity contribution is 0.102. The third-order valence-corrected chi connectivity index (χ3v) is 7.33. The summed E-state index contributed by atoms with van der Waals surface area (Å²) >= 11 is 0. The second-order valence-electron chi connectivity index (χ2n) is 10.3. The van der Waals surface area contributed by atoms with E-state index < -0.39 is 0 Å². The summed E-state index contributed by atoms with van der Waals surface area (Å²) in [5, 5.41) is 2.81. The van der Waals surface area contributed by atoms with Crippen LogP contribution in [-0.2, 0) is 20.0 Å². The van der Waals surface area contributed by atoms with Gasteiger partial charge in [0.2, 0.25) is 0 Å². The van der Waals surface area contributed by atoms with Crippen LogP contribution in [0.3, 0.4) is 0 Å². The van der Waals surface area contributed by atoms with Gasteiger partial charge < -0.3 is 19.5 Å². The Hall–Kier alpha value is -3.76. The molecule has 0 saturated carbocycles. The summed E-state index contributed by atoms with van der Waals surface area (Å²) in [4.78, 5) is 40.4. The number of carbonyl (C=O) groups is 2. The summed E-state index contributed by atoms with van der Waals surface area (Å²) in [5.74, 6) is 0.522. The number of ether oxygens (including phenoxy) is 1. The third-order valence-electron chi connectivity index (χ3n) is 7.33. The molecule has 1 N–H and O–H groups in total. The number of benzene rings is 1. The van der Waals surface area contributed by atoms with Crippen LogP contribution in [0.25, 0.3) is 0 Å². The number of piperidine rings is 1. The SMILES string of the molecule is Cn1cnc(CCN2CCN(C(=O)Oc3ccc(NC(=O)c4ccc(CN5CCCCC5)cc4)nc3)CC2)c1. The topological polar surface area (TPSA) is 95.8 Å².